The Hall–Kier alpha value is -2.01. The predicted octanol–water partition coefficient (Wildman–Crippen LogP) is 2.12. The third kappa shape index (κ3) is 5.02. The van der Waals surface area contributed by atoms with Crippen LogP contribution < -0.4 is 5.32 Å². The molecule has 0 saturated carbocycles. The first-order chi connectivity index (χ1) is 7.68. The number of allylic oxidation sites excluding steroid dienone is 1. The van der Waals surface area contributed by atoms with Crippen LogP contribution >= 0.6 is 0 Å². The molecule has 0 heterocycles. The summed E-state index contributed by atoms with van der Waals surface area (Å²) in [6, 6.07) is 9.79. The van der Waals surface area contributed by atoms with Crippen molar-refractivity contribution in [2.75, 3.05) is 0 Å². The number of nitrogens with one attached hydrogen (secondary N) is 1. The molecule has 1 N–H and O–H groups in total. The van der Waals surface area contributed by atoms with Crippen molar-refractivity contribution in [3.8, 4) is 11.8 Å². The highest BCUT2D eigenvalue weighted by molar-refractivity contribution is 5.73. The fraction of sp³-hybridized carbons (Fsp3) is 0.214. The maximum atomic E-state index is 10.7. The Kier molecular flexibility index (Phi) is 4.88. The summed E-state index contributed by atoms with van der Waals surface area (Å²) in [5.74, 6) is 5.89. The van der Waals surface area contributed by atoms with Crippen LogP contribution in [0.5, 0.6) is 0 Å². The van der Waals surface area contributed by atoms with E-state index < -0.39 is 0 Å². The third-order valence-electron chi connectivity index (χ3n) is 1.89. The molecule has 0 fully saturated rings. The van der Waals surface area contributed by atoms with E-state index in [2.05, 4.69) is 17.2 Å². The van der Waals surface area contributed by atoms with Crippen molar-refractivity contribution in [1.82, 2.24) is 5.32 Å². The van der Waals surface area contributed by atoms with E-state index in [1.54, 1.807) is 6.08 Å². The van der Waals surface area contributed by atoms with E-state index in [9.17, 15) is 4.79 Å². The van der Waals surface area contributed by atoms with E-state index >= 15 is 0 Å². The maximum absolute atomic E-state index is 10.7. The van der Waals surface area contributed by atoms with Crippen molar-refractivity contribution in [3.63, 3.8) is 0 Å². The van der Waals surface area contributed by atoms with Crippen LogP contribution in [0.2, 0.25) is 0 Å². The predicted molar refractivity (Wildman–Crippen MR) is 65.7 cm³/mol. The summed E-state index contributed by atoms with van der Waals surface area (Å²) >= 11 is 0. The van der Waals surface area contributed by atoms with Gasteiger partial charge >= 0.3 is 0 Å². The molecule has 1 aromatic rings. The first-order valence-electron chi connectivity index (χ1n) is 5.19. The number of carbonyl (C=O) groups is 1. The zero-order chi connectivity index (χ0) is 11.8. The zero-order valence-corrected chi connectivity index (χ0v) is 9.53. The van der Waals surface area contributed by atoms with Crippen LogP contribution in [0.1, 0.15) is 19.4 Å². The Labute approximate surface area is 96.4 Å². The lowest BCUT2D eigenvalue weighted by molar-refractivity contribution is -0.119. The van der Waals surface area contributed by atoms with Gasteiger partial charge < -0.3 is 5.32 Å². The molecular formula is C14H15NO. The number of rotatable bonds is 2. The molecule has 82 valence electrons. The molecule has 16 heavy (non-hydrogen) atoms. The summed E-state index contributed by atoms with van der Waals surface area (Å²) in [5.41, 5.74) is 0.985. The van der Waals surface area contributed by atoms with Gasteiger partial charge in [-0.1, -0.05) is 36.1 Å². The number of hydrogen-bond donors (Lipinski definition) is 1. The first kappa shape index (κ1) is 12.1. The minimum absolute atomic E-state index is 0.0163. The van der Waals surface area contributed by atoms with Gasteiger partial charge in [-0.05, 0) is 25.1 Å². The average Bonchev–Trinajstić information content (AvgIpc) is 2.25. The van der Waals surface area contributed by atoms with Crippen LogP contribution in [-0.4, -0.2) is 11.9 Å². The molecule has 1 aromatic carbocycles. The van der Waals surface area contributed by atoms with Gasteiger partial charge in [0.15, 0.2) is 0 Å². The van der Waals surface area contributed by atoms with Gasteiger partial charge in [-0.25, -0.2) is 0 Å². The average molecular weight is 213 g/mol. The van der Waals surface area contributed by atoms with Gasteiger partial charge in [0.05, 0.1) is 0 Å². The lowest BCUT2D eigenvalue weighted by atomic mass is 10.2. The minimum atomic E-state index is -0.0341. The van der Waals surface area contributed by atoms with Crippen molar-refractivity contribution in [2.45, 2.75) is 19.9 Å². The van der Waals surface area contributed by atoms with Crippen LogP contribution in [0.3, 0.4) is 0 Å². The monoisotopic (exact) mass is 213 g/mol. The fourth-order valence-electron chi connectivity index (χ4n) is 1.21. The lowest BCUT2D eigenvalue weighted by Gasteiger charge is -2.04. The molecule has 0 bridgehead atoms. The summed E-state index contributed by atoms with van der Waals surface area (Å²) < 4.78 is 0. The quantitative estimate of drug-likeness (QED) is 0.749. The molecule has 2 nitrogen and oxygen atoms in total. The Bertz CT molecular complexity index is 423. The SMILES string of the molecule is CC(=O)NC(C)/C=C/C#Cc1ccccc1. The number of amides is 1. The number of benzene rings is 1. The number of hydrogen-bond acceptors (Lipinski definition) is 1. The number of carbonyl (C=O) groups excluding carboxylic acids is 1. The molecular weight excluding hydrogens is 198 g/mol. The van der Waals surface area contributed by atoms with E-state index in [0.29, 0.717) is 0 Å². The second-order valence-corrected chi connectivity index (χ2v) is 3.48. The van der Waals surface area contributed by atoms with Gasteiger partial charge in [0, 0.05) is 18.5 Å². The molecule has 0 radical (unpaired) electrons. The van der Waals surface area contributed by atoms with E-state index in [1.165, 1.54) is 6.92 Å². The Morgan fingerprint density at radius 2 is 2.06 bits per heavy atom. The van der Waals surface area contributed by atoms with Gasteiger partial charge in [0.25, 0.3) is 0 Å². The van der Waals surface area contributed by atoms with Crippen LogP contribution in [0, 0.1) is 11.8 Å². The molecule has 0 aliphatic rings. The van der Waals surface area contributed by atoms with Crippen molar-refractivity contribution >= 4 is 5.91 Å². The summed E-state index contributed by atoms with van der Waals surface area (Å²) in [7, 11) is 0. The topological polar surface area (TPSA) is 29.1 Å². The minimum Gasteiger partial charge on any atom is -0.350 e. The standard InChI is InChI=1S/C14H15NO/c1-12(15-13(2)16)8-6-7-11-14-9-4-3-5-10-14/h3-6,8-10,12H,1-2H3,(H,15,16)/b8-6+. The molecule has 1 unspecified atom stereocenters. The highest BCUT2D eigenvalue weighted by Gasteiger charge is 1.95. The summed E-state index contributed by atoms with van der Waals surface area (Å²) in [5, 5.41) is 2.75. The Balaban J connectivity index is 2.48. The van der Waals surface area contributed by atoms with Crippen molar-refractivity contribution in [3.05, 3.63) is 48.0 Å². The van der Waals surface area contributed by atoms with Crippen LogP contribution in [0.25, 0.3) is 0 Å². The summed E-state index contributed by atoms with van der Waals surface area (Å²) in [4.78, 5) is 10.7. The molecule has 0 aliphatic carbocycles. The van der Waals surface area contributed by atoms with Crippen LogP contribution in [-0.2, 0) is 4.79 Å². The fourth-order valence-corrected chi connectivity index (χ4v) is 1.21. The van der Waals surface area contributed by atoms with Gasteiger partial charge in [0.1, 0.15) is 0 Å². The van der Waals surface area contributed by atoms with E-state index in [0.717, 1.165) is 5.56 Å². The van der Waals surface area contributed by atoms with Crippen molar-refractivity contribution < 1.29 is 4.79 Å². The highest BCUT2D eigenvalue weighted by Crippen LogP contribution is 1.94. The zero-order valence-electron chi connectivity index (χ0n) is 9.53. The van der Waals surface area contributed by atoms with Crippen molar-refractivity contribution in [2.24, 2.45) is 0 Å². The van der Waals surface area contributed by atoms with Gasteiger partial charge in [-0.2, -0.15) is 0 Å². The molecule has 1 rings (SSSR count). The molecule has 0 spiro atoms. The molecule has 1 amide bonds. The van der Waals surface area contributed by atoms with Crippen LogP contribution in [0.15, 0.2) is 42.5 Å². The van der Waals surface area contributed by atoms with Gasteiger partial charge in [-0.3, -0.25) is 4.79 Å². The van der Waals surface area contributed by atoms with E-state index in [4.69, 9.17) is 0 Å². The molecule has 0 aromatic heterocycles. The van der Waals surface area contributed by atoms with E-state index in [1.807, 2.05) is 43.3 Å². The normalized spacial score (nSPS) is 11.6. The second-order valence-electron chi connectivity index (χ2n) is 3.48. The van der Waals surface area contributed by atoms with Crippen molar-refractivity contribution in [1.29, 1.82) is 0 Å². The first-order valence-corrected chi connectivity index (χ1v) is 5.19. The summed E-state index contributed by atoms with van der Waals surface area (Å²) in [6.07, 6.45) is 3.62. The molecule has 2 heteroatoms. The largest absolute Gasteiger partial charge is 0.350 e. The summed E-state index contributed by atoms with van der Waals surface area (Å²) in [6.45, 7) is 3.40. The smallest absolute Gasteiger partial charge is 0.217 e. The van der Waals surface area contributed by atoms with E-state index in [-0.39, 0.29) is 11.9 Å². The third-order valence-corrected chi connectivity index (χ3v) is 1.89. The molecule has 1 atom stereocenters. The van der Waals surface area contributed by atoms with Crippen LogP contribution in [0.4, 0.5) is 0 Å². The lowest BCUT2D eigenvalue weighted by Crippen LogP contribution is -2.28. The second kappa shape index (κ2) is 6.47. The highest BCUT2D eigenvalue weighted by atomic mass is 16.1. The van der Waals surface area contributed by atoms with Gasteiger partial charge in [0.2, 0.25) is 5.91 Å². The van der Waals surface area contributed by atoms with Gasteiger partial charge in [-0.15, -0.1) is 0 Å². The Morgan fingerprint density at radius 1 is 1.38 bits per heavy atom. The Morgan fingerprint density at radius 3 is 2.69 bits per heavy atom. The maximum Gasteiger partial charge on any atom is 0.217 e. The molecule has 0 aliphatic heterocycles. The molecule has 0 saturated heterocycles.